The van der Waals surface area contributed by atoms with Gasteiger partial charge in [-0.15, -0.1) is 0 Å². The first-order valence-corrected chi connectivity index (χ1v) is 7.67. The fraction of sp³-hybridized carbons (Fsp3) is 0.500. The van der Waals surface area contributed by atoms with Crippen molar-refractivity contribution in [2.75, 3.05) is 32.8 Å². The van der Waals surface area contributed by atoms with Gasteiger partial charge in [0.05, 0.1) is 19.2 Å². The second kappa shape index (κ2) is 9.17. The van der Waals surface area contributed by atoms with Gasteiger partial charge in [0.15, 0.2) is 5.78 Å². The van der Waals surface area contributed by atoms with Crippen molar-refractivity contribution in [3.63, 3.8) is 0 Å². The van der Waals surface area contributed by atoms with Crippen LogP contribution in [0, 0.1) is 0 Å². The predicted molar refractivity (Wildman–Crippen MR) is 83.8 cm³/mol. The van der Waals surface area contributed by atoms with Gasteiger partial charge >= 0.3 is 6.09 Å². The second-order valence-corrected chi connectivity index (χ2v) is 5.26. The van der Waals surface area contributed by atoms with Crippen molar-refractivity contribution in [1.29, 1.82) is 0 Å². The molecular formula is C16H23N3O3. The summed E-state index contributed by atoms with van der Waals surface area (Å²) in [5.41, 5.74) is 1.22. The topological polar surface area (TPSA) is 79.5 Å². The van der Waals surface area contributed by atoms with Crippen LogP contribution in [0.5, 0.6) is 0 Å². The smallest absolute Gasteiger partial charge is 0.407 e. The molecule has 1 atom stereocenters. The Balaban J connectivity index is 1.55. The molecule has 1 heterocycles. The van der Waals surface area contributed by atoms with Gasteiger partial charge in [0.1, 0.15) is 0 Å². The van der Waals surface area contributed by atoms with Crippen molar-refractivity contribution in [3.8, 4) is 0 Å². The Bertz CT molecular complexity index is 473. The number of benzene rings is 1. The Labute approximate surface area is 130 Å². The molecule has 6 nitrogen and oxygen atoms in total. The highest BCUT2D eigenvalue weighted by molar-refractivity contribution is 5.88. The summed E-state index contributed by atoms with van der Waals surface area (Å²) in [4.78, 5) is 23.4. The molecule has 1 aliphatic rings. The van der Waals surface area contributed by atoms with Crippen LogP contribution in [-0.4, -0.2) is 50.7 Å². The molecule has 1 aliphatic heterocycles. The molecule has 0 aromatic heterocycles. The largest absolute Gasteiger partial charge is 0.450 e. The van der Waals surface area contributed by atoms with Crippen molar-refractivity contribution in [3.05, 3.63) is 35.9 Å². The van der Waals surface area contributed by atoms with Crippen LogP contribution in [0.25, 0.3) is 0 Å². The number of piperazine rings is 1. The summed E-state index contributed by atoms with van der Waals surface area (Å²) in [6, 6.07) is 9.81. The lowest BCUT2D eigenvalue weighted by atomic mass is 10.1. The first-order chi connectivity index (χ1) is 10.8. The number of alkyl carbamates (subject to hydrolysis) is 1. The molecule has 1 saturated heterocycles. The number of rotatable bonds is 7. The van der Waals surface area contributed by atoms with Gasteiger partial charge in [0.2, 0.25) is 0 Å². The summed E-state index contributed by atoms with van der Waals surface area (Å²) < 4.78 is 5.06. The van der Waals surface area contributed by atoms with Crippen LogP contribution in [0.3, 0.4) is 0 Å². The number of amides is 1. The molecular weight excluding hydrogens is 282 g/mol. The van der Waals surface area contributed by atoms with Crippen LogP contribution < -0.4 is 16.0 Å². The van der Waals surface area contributed by atoms with E-state index in [1.165, 1.54) is 5.56 Å². The Hall–Kier alpha value is -1.92. The molecule has 120 valence electrons. The van der Waals surface area contributed by atoms with E-state index in [0.717, 1.165) is 25.9 Å². The number of ketones is 1. The van der Waals surface area contributed by atoms with Gasteiger partial charge in [-0.05, 0) is 18.4 Å². The lowest BCUT2D eigenvalue weighted by Gasteiger charge is -2.23. The number of carbonyl (C=O) groups is 2. The molecule has 3 N–H and O–H groups in total. The van der Waals surface area contributed by atoms with Crippen LogP contribution in [-0.2, 0) is 16.0 Å². The van der Waals surface area contributed by atoms with E-state index in [9.17, 15) is 9.59 Å². The minimum atomic E-state index is -0.537. The van der Waals surface area contributed by atoms with Gasteiger partial charge in [-0.1, -0.05) is 30.3 Å². The number of Topliss-reactive ketones (excluding diaryl/α,β-unsaturated/α-hetero) is 1. The van der Waals surface area contributed by atoms with Crippen molar-refractivity contribution in [1.82, 2.24) is 16.0 Å². The summed E-state index contributed by atoms with van der Waals surface area (Å²) in [5, 5.41) is 8.74. The summed E-state index contributed by atoms with van der Waals surface area (Å²) in [7, 11) is 0. The van der Waals surface area contributed by atoms with Gasteiger partial charge in [-0.3, -0.25) is 4.79 Å². The molecule has 0 saturated carbocycles. The minimum Gasteiger partial charge on any atom is -0.450 e. The van der Waals surface area contributed by atoms with Gasteiger partial charge in [-0.2, -0.15) is 0 Å². The molecule has 6 heteroatoms. The van der Waals surface area contributed by atoms with E-state index in [1.54, 1.807) is 0 Å². The molecule has 0 aliphatic carbocycles. The molecule has 0 radical (unpaired) electrons. The average molecular weight is 305 g/mol. The van der Waals surface area contributed by atoms with E-state index < -0.39 is 6.09 Å². The maximum atomic E-state index is 11.8. The van der Waals surface area contributed by atoms with Crippen molar-refractivity contribution in [2.45, 2.75) is 18.9 Å². The van der Waals surface area contributed by atoms with Gasteiger partial charge < -0.3 is 20.7 Å². The molecule has 1 fully saturated rings. The monoisotopic (exact) mass is 305 g/mol. The average Bonchev–Trinajstić information content (AvgIpc) is 2.58. The van der Waals surface area contributed by atoms with Gasteiger partial charge in [0, 0.05) is 19.6 Å². The molecule has 22 heavy (non-hydrogen) atoms. The maximum absolute atomic E-state index is 11.8. The third-order valence-corrected chi connectivity index (χ3v) is 3.52. The maximum Gasteiger partial charge on any atom is 0.407 e. The zero-order chi connectivity index (χ0) is 15.6. The number of ether oxygens (including phenoxy) is 1. The number of nitrogens with one attached hydrogen (secondary N) is 3. The Morgan fingerprint density at radius 2 is 2.05 bits per heavy atom. The van der Waals surface area contributed by atoms with E-state index in [0.29, 0.717) is 13.2 Å². The van der Waals surface area contributed by atoms with Gasteiger partial charge in [-0.25, -0.2) is 4.79 Å². The molecule has 1 amide bonds. The second-order valence-electron chi connectivity index (χ2n) is 5.26. The first-order valence-electron chi connectivity index (χ1n) is 7.67. The zero-order valence-corrected chi connectivity index (χ0v) is 12.6. The summed E-state index contributed by atoms with van der Waals surface area (Å²) in [5.74, 6) is -0.0339. The molecule has 0 bridgehead atoms. The molecule has 0 spiro atoms. The zero-order valence-electron chi connectivity index (χ0n) is 12.6. The van der Waals surface area contributed by atoms with Crippen molar-refractivity contribution >= 4 is 11.9 Å². The standard InChI is InChI=1S/C16H23N3O3/c20-15(14-11-17-8-9-18-14)12-19-16(21)22-10-4-7-13-5-2-1-3-6-13/h1-3,5-6,14,17-18H,4,7-12H2,(H,19,21). The Kier molecular flexibility index (Phi) is 6.86. The SMILES string of the molecule is O=C(NCC(=O)C1CNCCN1)OCCCc1ccccc1. The normalized spacial score (nSPS) is 17.7. The first kappa shape index (κ1) is 16.5. The van der Waals surface area contributed by atoms with Crippen LogP contribution in [0.2, 0.25) is 0 Å². The number of carbonyl (C=O) groups excluding carboxylic acids is 2. The van der Waals surface area contributed by atoms with Crippen LogP contribution in [0.4, 0.5) is 4.79 Å². The Morgan fingerprint density at radius 3 is 2.77 bits per heavy atom. The van der Waals surface area contributed by atoms with Crippen molar-refractivity contribution in [2.24, 2.45) is 0 Å². The van der Waals surface area contributed by atoms with Crippen molar-refractivity contribution < 1.29 is 14.3 Å². The number of aryl methyl sites for hydroxylation is 1. The van der Waals surface area contributed by atoms with E-state index in [2.05, 4.69) is 16.0 Å². The summed E-state index contributed by atoms with van der Waals surface area (Å²) in [6.45, 7) is 2.57. The van der Waals surface area contributed by atoms with E-state index in [4.69, 9.17) is 4.74 Å². The molecule has 1 aromatic carbocycles. The minimum absolute atomic E-state index is 0.00311. The third-order valence-electron chi connectivity index (χ3n) is 3.52. The number of hydrogen-bond acceptors (Lipinski definition) is 5. The molecule has 2 rings (SSSR count). The number of hydrogen-bond donors (Lipinski definition) is 3. The van der Waals surface area contributed by atoms with E-state index in [1.807, 2.05) is 30.3 Å². The fourth-order valence-corrected chi connectivity index (χ4v) is 2.30. The van der Waals surface area contributed by atoms with Crippen LogP contribution in [0.15, 0.2) is 30.3 Å². The van der Waals surface area contributed by atoms with E-state index in [-0.39, 0.29) is 18.4 Å². The van der Waals surface area contributed by atoms with Crippen LogP contribution >= 0.6 is 0 Å². The Morgan fingerprint density at radius 1 is 1.23 bits per heavy atom. The quantitative estimate of drug-likeness (QED) is 0.639. The summed E-state index contributed by atoms with van der Waals surface area (Å²) >= 11 is 0. The molecule has 1 aromatic rings. The highest BCUT2D eigenvalue weighted by atomic mass is 16.5. The third kappa shape index (κ3) is 5.83. The highest BCUT2D eigenvalue weighted by Crippen LogP contribution is 2.02. The lowest BCUT2D eigenvalue weighted by Crippen LogP contribution is -2.54. The van der Waals surface area contributed by atoms with Crippen LogP contribution in [0.1, 0.15) is 12.0 Å². The molecule has 1 unspecified atom stereocenters. The highest BCUT2D eigenvalue weighted by Gasteiger charge is 2.20. The lowest BCUT2D eigenvalue weighted by molar-refractivity contribution is -0.120. The predicted octanol–water partition coefficient (Wildman–Crippen LogP) is 0.476. The van der Waals surface area contributed by atoms with E-state index >= 15 is 0 Å². The fourth-order valence-electron chi connectivity index (χ4n) is 2.30. The van der Waals surface area contributed by atoms with Gasteiger partial charge in [0.25, 0.3) is 0 Å². The summed E-state index contributed by atoms with van der Waals surface area (Å²) in [6.07, 6.45) is 1.09.